The van der Waals surface area contributed by atoms with E-state index in [0.29, 0.717) is 25.8 Å². The average molecular weight is 392 g/mol. The van der Waals surface area contributed by atoms with Gasteiger partial charge >= 0.3 is 0 Å². The lowest BCUT2D eigenvalue weighted by molar-refractivity contribution is -0.150. The van der Waals surface area contributed by atoms with E-state index in [1.54, 1.807) is 16.2 Å². The van der Waals surface area contributed by atoms with Gasteiger partial charge in [-0.05, 0) is 44.1 Å². The van der Waals surface area contributed by atoms with E-state index in [1.807, 2.05) is 31.4 Å². The first kappa shape index (κ1) is 19.9. The Morgan fingerprint density at radius 1 is 1.33 bits per heavy atom. The van der Waals surface area contributed by atoms with Crippen LogP contribution in [-0.2, 0) is 20.9 Å². The summed E-state index contributed by atoms with van der Waals surface area (Å²) < 4.78 is 0. The molecule has 2 fully saturated rings. The van der Waals surface area contributed by atoms with Gasteiger partial charge in [-0.3, -0.25) is 14.4 Å². The SMILES string of the molecule is CCC(C)(C(=O)NC1CCCC1)N(Cc1cccs1)C(=O)C1CCC(=O)N1. The smallest absolute Gasteiger partial charge is 0.246 e. The first-order valence-electron chi connectivity index (χ1n) is 9.88. The number of rotatable bonds is 7. The van der Waals surface area contributed by atoms with E-state index < -0.39 is 11.6 Å². The Labute approximate surface area is 164 Å². The molecule has 0 radical (unpaired) electrons. The third-order valence-corrected chi connectivity index (χ3v) is 6.78. The molecule has 2 aliphatic rings. The molecule has 3 rings (SSSR count). The molecule has 7 heteroatoms. The van der Waals surface area contributed by atoms with Crippen molar-refractivity contribution in [1.82, 2.24) is 15.5 Å². The first-order valence-corrected chi connectivity index (χ1v) is 10.8. The molecule has 0 aromatic carbocycles. The Hall–Kier alpha value is -1.89. The first-order chi connectivity index (χ1) is 12.9. The Balaban J connectivity index is 1.84. The number of nitrogens with zero attached hydrogens (tertiary/aromatic N) is 1. The molecule has 1 aliphatic heterocycles. The zero-order valence-electron chi connectivity index (χ0n) is 16.1. The summed E-state index contributed by atoms with van der Waals surface area (Å²) in [6, 6.07) is 3.58. The van der Waals surface area contributed by atoms with Crippen molar-refractivity contribution in [2.75, 3.05) is 0 Å². The molecule has 2 unspecified atom stereocenters. The quantitative estimate of drug-likeness (QED) is 0.750. The third kappa shape index (κ3) is 4.34. The van der Waals surface area contributed by atoms with E-state index in [-0.39, 0.29) is 23.8 Å². The molecule has 0 spiro atoms. The van der Waals surface area contributed by atoms with E-state index >= 15 is 0 Å². The zero-order valence-corrected chi connectivity index (χ0v) is 16.9. The lowest BCUT2D eigenvalue weighted by Crippen LogP contribution is -2.62. The highest BCUT2D eigenvalue weighted by molar-refractivity contribution is 7.09. The normalized spacial score (nSPS) is 22.3. The van der Waals surface area contributed by atoms with Crippen molar-refractivity contribution in [2.24, 2.45) is 0 Å². The van der Waals surface area contributed by atoms with E-state index in [1.165, 1.54) is 0 Å². The number of nitrogens with one attached hydrogen (secondary N) is 2. The average Bonchev–Trinajstić information content (AvgIpc) is 3.41. The van der Waals surface area contributed by atoms with Crippen LogP contribution >= 0.6 is 11.3 Å². The van der Waals surface area contributed by atoms with Gasteiger partial charge in [0, 0.05) is 17.3 Å². The fourth-order valence-electron chi connectivity index (χ4n) is 3.93. The van der Waals surface area contributed by atoms with Crippen LogP contribution in [0.25, 0.3) is 0 Å². The molecule has 148 valence electrons. The molecular weight excluding hydrogens is 362 g/mol. The van der Waals surface area contributed by atoms with Crippen LogP contribution < -0.4 is 10.6 Å². The fraction of sp³-hybridized carbons (Fsp3) is 0.650. The molecule has 6 nitrogen and oxygen atoms in total. The van der Waals surface area contributed by atoms with Crippen LogP contribution in [0.4, 0.5) is 0 Å². The summed E-state index contributed by atoms with van der Waals surface area (Å²) in [5, 5.41) is 7.90. The van der Waals surface area contributed by atoms with Crippen molar-refractivity contribution in [2.45, 2.75) is 83.0 Å². The second-order valence-electron chi connectivity index (χ2n) is 7.74. The predicted octanol–water partition coefficient (Wildman–Crippen LogP) is 2.58. The van der Waals surface area contributed by atoms with Crippen LogP contribution in [0.1, 0.15) is 63.7 Å². The predicted molar refractivity (Wildman–Crippen MR) is 105 cm³/mol. The standard InChI is InChI=1S/C20H29N3O3S/c1-3-20(2,19(26)21-14-7-4-5-8-14)23(13-15-9-6-12-27-15)18(25)16-10-11-17(24)22-16/h6,9,12,14,16H,3-5,7-8,10-11,13H2,1-2H3,(H,21,26)(H,22,24). The summed E-state index contributed by atoms with van der Waals surface area (Å²) in [4.78, 5) is 40.8. The van der Waals surface area contributed by atoms with Crippen molar-refractivity contribution >= 4 is 29.1 Å². The maximum atomic E-state index is 13.3. The third-order valence-electron chi connectivity index (χ3n) is 5.92. The molecular formula is C20H29N3O3S. The Kier molecular flexibility index (Phi) is 6.19. The minimum Gasteiger partial charge on any atom is -0.351 e. The maximum absolute atomic E-state index is 13.3. The van der Waals surface area contributed by atoms with Gasteiger partial charge in [0.25, 0.3) is 0 Å². The molecule has 1 aromatic heterocycles. The van der Waals surface area contributed by atoms with Gasteiger partial charge in [0.05, 0.1) is 6.54 Å². The maximum Gasteiger partial charge on any atom is 0.246 e. The summed E-state index contributed by atoms with van der Waals surface area (Å²) in [6.45, 7) is 4.17. The van der Waals surface area contributed by atoms with Crippen LogP contribution in [-0.4, -0.2) is 40.2 Å². The van der Waals surface area contributed by atoms with Crippen molar-refractivity contribution in [1.29, 1.82) is 0 Å². The lowest BCUT2D eigenvalue weighted by atomic mass is 9.92. The van der Waals surface area contributed by atoms with Crippen LogP contribution in [0.2, 0.25) is 0 Å². The molecule has 2 N–H and O–H groups in total. The molecule has 27 heavy (non-hydrogen) atoms. The van der Waals surface area contributed by atoms with Gasteiger partial charge in [-0.25, -0.2) is 0 Å². The van der Waals surface area contributed by atoms with Crippen LogP contribution in [0.5, 0.6) is 0 Å². The van der Waals surface area contributed by atoms with E-state index in [0.717, 1.165) is 30.6 Å². The molecule has 1 saturated heterocycles. The second-order valence-corrected chi connectivity index (χ2v) is 8.78. The van der Waals surface area contributed by atoms with Gasteiger partial charge in [-0.2, -0.15) is 0 Å². The lowest BCUT2D eigenvalue weighted by Gasteiger charge is -2.41. The highest BCUT2D eigenvalue weighted by Crippen LogP contribution is 2.28. The van der Waals surface area contributed by atoms with Crippen molar-refractivity contribution < 1.29 is 14.4 Å². The summed E-state index contributed by atoms with van der Waals surface area (Å²) in [5.41, 5.74) is -0.947. The molecule has 1 aromatic rings. The second kappa shape index (κ2) is 8.42. The minimum atomic E-state index is -0.947. The van der Waals surface area contributed by atoms with E-state index in [2.05, 4.69) is 10.6 Å². The van der Waals surface area contributed by atoms with Gasteiger partial charge in [-0.1, -0.05) is 25.8 Å². The monoisotopic (exact) mass is 391 g/mol. The van der Waals surface area contributed by atoms with Crippen molar-refractivity contribution in [3.8, 4) is 0 Å². The Morgan fingerprint density at radius 2 is 2.07 bits per heavy atom. The number of amides is 3. The van der Waals surface area contributed by atoms with Crippen molar-refractivity contribution in [3.05, 3.63) is 22.4 Å². The fourth-order valence-corrected chi connectivity index (χ4v) is 4.62. The van der Waals surface area contributed by atoms with Gasteiger partial charge in [0.1, 0.15) is 11.6 Å². The van der Waals surface area contributed by atoms with E-state index in [9.17, 15) is 14.4 Å². The summed E-state index contributed by atoms with van der Waals surface area (Å²) in [6.07, 6.45) is 5.65. The number of hydrogen-bond acceptors (Lipinski definition) is 4. The largest absolute Gasteiger partial charge is 0.351 e. The number of carbonyl (C=O) groups is 3. The van der Waals surface area contributed by atoms with Gasteiger partial charge in [-0.15, -0.1) is 11.3 Å². The zero-order chi connectivity index (χ0) is 19.4. The summed E-state index contributed by atoms with van der Waals surface area (Å²) in [7, 11) is 0. The molecule has 0 bridgehead atoms. The Morgan fingerprint density at radius 3 is 2.63 bits per heavy atom. The molecule has 1 saturated carbocycles. The highest BCUT2D eigenvalue weighted by Gasteiger charge is 2.44. The van der Waals surface area contributed by atoms with E-state index in [4.69, 9.17) is 0 Å². The van der Waals surface area contributed by atoms with Gasteiger partial charge in [0.15, 0.2) is 0 Å². The topological polar surface area (TPSA) is 78.5 Å². The number of carbonyl (C=O) groups excluding carboxylic acids is 3. The van der Waals surface area contributed by atoms with Crippen LogP contribution in [0.3, 0.4) is 0 Å². The Bertz CT molecular complexity index is 685. The number of hydrogen-bond donors (Lipinski definition) is 2. The molecule has 1 aliphatic carbocycles. The molecule has 2 heterocycles. The van der Waals surface area contributed by atoms with Gasteiger partial charge < -0.3 is 15.5 Å². The molecule has 3 amide bonds. The summed E-state index contributed by atoms with van der Waals surface area (Å²) >= 11 is 1.57. The number of thiophene rings is 1. The minimum absolute atomic E-state index is 0.0915. The van der Waals surface area contributed by atoms with Crippen LogP contribution in [0, 0.1) is 0 Å². The van der Waals surface area contributed by atoms with Gasteiger partial charge in [0.2, 0.25) is 17.7 Å². The van der Waals surface area contributed by atoms with Crippen molar-refractivity contribution in [3.63, 3.8) is 0 Å². The highest BCUT2D eigenvalue weighted by atomic mass is 32.1. The summed E-state index contributed by atoms with van der Waals surface area (Å²) in [5.74, 6) is -0.357. The van der Waals surface area contributed by atoms with Crippen LogP contribution in [0.15, 0.2) is 17.5 Å². The molecule has 2 atom stereocenters.